The van der Waals surface area contributed by atoms with Crippen LogP contribution in [0.1, 0.15) is 32.6 Å². The van der Waals surface area contributed by atoms with Gasteiger partial charge in [-0.05, 0) is 26.3 Å². The Hall–Kier alpha value is -0.940. The predicted octanol–water partition coefficient (Wildman–Crippen LogP) is 1.27. The van der Waals surface area contributed by atoms with Gasteiger partial charge in [-0.2, -0.15) is 5.10 Å². The third kappa shape index (κ3) is 4.83. The molecule has 98 valence electrons. The Bertz CT molecular complexity index is 311. The molecule has 0 bridgehead atoms. The van der Waals surface area contributed by atoms with Crippen molar-refractivity contribution in [2.24, 2.45) is 5.92 Å². The maximum atomic E-state index is 4.99. The van der Waals surface area contributed by atoms with Crippen molar-refractivity contribution in [2.45, 2.75) is 33.2 Å². The van der Waals surface area contributed by atoms with Crippen molar-refractivity contribution in [3.63, 3.8) is 0 Å². The Balaban J connectivity index is 2.34. The van der Waals surface area contributed by atoms with Crippen LogP contribution >= 0.6 is 0 Å². The van der Waals surface area contributed by atoms with Gasteiger partial charge in [0.05, 0.1) is 6.61 Å². The molecule has 1 heterocycles. The minimum Gasteiger partial charge on any atom is -0.383 e. The van der Waals surface area contributed by atoms with Crippen LogP contribution in [-0.2, 0) is 11.2 Å². The van der Waals surface area contributed by atoms with E-state index in [9.17, 15) is 0 Å². The lowest BCUT2D eigenvalue weighted by molar-refractivity contribution is 0.198. The van der Waals surface area contributed by atoms with Crippen LogP contribution in [0.5, 0.6) is 0 Å². The summed E-state index contributed by atoms with van der Waals surface area (Å²) in [6, 6.07) is 0.376. The molecule has 17 heavy (non-hydrogen) atoms. The van der Waals surface area contributed by atoms with E-state index in [2.05, 4.69) is 36.2 Å². The predicted molar refractivity (Wildman–Crippen MR) is 68.0 cm³/mol. The minimum atomic E-state index is 0.376. The summed E-state index contributed by atoms with van der Waals surface area (Å²) in [6.07, 6.45) is 2.60. The highest BCUT2D eigenvalue weighted by molar-refractivity contribution is 4.88. The molecule has 0 amide bonds. The third-order valence-corrected chi connectivity index (χ3v) is 2.64. The van der Waals surface area contributed by atoms with Gasteiger partial charge in [-0.1, -0.05) is 6.92 Å². The monoisotopic (exact) mass is 240 g/mol. The van der Waals surface area contributed by atoms with Crippen LogP contribution in [-0.4, -0.2) is 41.6 Å². The maximum Gasteiger partial charge on any atom is 0.138 e. The summed E-state index contributed by atoms with van der Waals surface area (Å²) in [5.74, 6) is 1.62. The van der Waals surface area contributed by atoms with E-state index in [0.717, 1.165) is 31.9 Å². The van der Waals surface area contributed by atoms with E-state index in [1.54, 1.807) is 13.4 Å². The topological polar surface area (TPSA) is 52.0 Å². The van der Waals surface area contributed by atoms with Crippen LogP contribution in [0.3, 0.4) is 0 Å². The normalized spacial score (nSPS) is 13.2. The fraction of sp³-hybridized carbons (Fsp3) is 0.833. The molecule has 0 radical (unpaired) electrons. The molecule has 0 aromatic carbocycles. The second kappa shape index (κ2) is 7.40. The first-order chi connectivity index (χ1) is 8.15. The molecular weight excluding hydrogens is 216 g/mol. The van der Waals surface area contributed by atoms with Gasteiger partial charge in [0.1, 0.15) is 12.2 Å². The number of hydrogen-bond donors (Lipinski definition) is 1. The molecule has 5 heteroatoms. The number of methoxy groups -OCH3 is 1. The van der Waals surface area contributed by atoms with Crippen LogP contribution < -0.4 is 5.32 Å². The van der Waals surface area contributed by atoms with E-state index in [1.165, 1.54) is 0 Å². The lowest BCUT2D eigenvalue weighted by atomic mass is 10.1. The summed E-state index contributed by atoms with van der Waals surface area (Å²) in [7, 11) is 1.72. The van der Waals surface area contributed by atoms with Crippen molar-refractivity contribution in [1.29, 1.82) is 0 Å². The van der Waals surface area contributed by atoms with E-state index >= 15 is 0 Å². The Labute approximate surface area is 104 Å². The summed E-state index contributed by atoms with van der Waals surface area (Å²) >= 11 is 0. The first kappa shape index (κ1) is 14.1. The number of nitrogens with zero attached hydrogens (tertiary/aromatic N) is 3. The summed E-state index contributed by atoms with van der Waals surface area (Å²) in [5, 5.41) is 7.61. The zero-order valence-corrected chi connectivity index (χ0v) is 11.3. The average molecular weight is 240 g/mol. The second-order valence-electron chi connectivity index (χ2n) is 4.72. The number of ether oxygens (including phenoxy) is 1. The van der Waals surface area contributed by atoms with Crippen molar-refractivity contribution in [2.75, 3.05) is 26.8 Å². The highest BCUT2D eigenvalue weighted by atomic mass is 16.5. The largest absolute Gasteiger partial charge is 0.383 e. The molecule has 0 aliphatic rings. The lowest BCUT2D eigenvalue weighted by Crippen LogP contribution is -2.26. The molecular formula is C12H24N4O. The maximum absolute atomic E-state index is 4.99. The van der Waals surface area contributed by atoms with Crippen molar-refractivity contribution < 1.29 is 4.74 Å². The fourth-order valence-electron chi connectivity index (χ4n) is 1.76. The molecule has 1 unspecified atom stereocenters. The van der Waals surface area contributed by atoms with Gasteiger partial charge in [0, 0.05) is 26.1 Å². The zero-order chi connectivity index (χ0) is 12.7. The number of nitrogens with one attached hydrogen (secondary N) is 1. The van der Waals surface area contributed by atoms with Gasteiger partial charge in [0.2, 0.25) is 0 Å². The Morgan fingerprint density at radius 1 is 1.41 bits per heavy atom. The van der Waals surface area contributed by atoms with Crippen LogP contribution in [0.2, 0.25) is 0 Å². The van der Waals surface area contributed by atoms with Crippen molar-refractivity contribution in [1.82, 2.24) is 20.1 Å². The van der Waals surface area contributed by atoms with Crippen LogP contribution in [0.25, 0.3) is 0 Å². The molecule has 5 nitrogen and oxygen atoms in total. The Kier molecular flexibility index (Phi) is 6.15. The summed E-state index contributed by atoms with van der Waals surface area (Å²) in [4.78, 5) is 4.32. The Morgan fingerprint density at radius 3 is 2.82 bits per heavy atom. The van der Waals surface area contributed by atoms with Crippen LogP contribution in [0.4, 0.5) is 0 Å². The highest BCUT2D eigenvalue weighted by Gasteiger charge is 2.11. The fourth-order valence-corrected chi connectivity index (χ4v) is 1.76. The number of hydrogen-bond acceptors (Lipinski definition) is 4. The zero-order valence-electron chi connectivity index (χ0n) is 11.3. The number of rotatable bonds is 8. The smallest absolute Gasteiger partial charge is 0.138 e. The highest BCUT2D eigenvalue weighted by Crippen LogP contribution is 2.09. The molecule has 0 fully saturated rings. The summed E-state index contributed by atoms with van der Waals surface area (Å²) in [6.45, 7) is 9.11. The molecule has 1 aromatic heterocycles. The lowest BCUT2D eigenvalue weighted by Gasteiger charge is -2.14. The van der Waals surface area contributed by atoms with E-state index < -0.39 is 0 Å². The van der Waals surface area contributed by atoms with Crippen molar-refractivity contribution >= 4 is 0 Å². The molecule has 1 aromatic rings. The van der Waals surface area contributed by atoms with Crippen LogP contribution in [0, 0.1) is 5.92 Å². The van der Waals surface area contributed by atoms with E-state index in [0.29, 0.717) is 12.0 Å². The molecule has 0 spiro atoms. The van der Waals surface area contributed by atoms with Gasteiger partial charge < -0.3 is 10.1 Å². The average Bonchev–Trinajstić information content (AvgIpc) is 2.72. The molecule has 1 N–H and O–H groups in total. The van der Waals surface area contributed by atoms with Gasteiger partial charge in [0.25, 0.3) is 0 Å². The quantitative estimate of drug-likeness (QED) is 0.695. The van der Waals surface area contributed by atoms with Gasteiger partial charge >= 0.3 is 0 Å². The third-order valence-electron chi connectivity index (χ3n) is 2.64. The number of aromatic nitrogens is 3. The van der Waals surface area contributed by atoms with E-state index in [1.807, 2.05) is 4.68 Å². The first-order valence-corrected chi connectivity index (χ1v) is 6.23. The van der Waals surface area contributed by atoms with E-state index in [4.69, 9.17) is 4.74 Å². The molecule has 1 rings (SSSR count). The molecule has 0 aliphatic carbocycles. The summed E-state index contributed by atoms with van der Waals surface area (Å²) in [5.41, 5.74) is 0. The molecule has 0 saturated heterocycles. The Morgan fingerprint density at radius 2 is 2.18 bits per heavy atom. The summed E-state index contributed by atoms with van der Waals surface area (Å²) < 4.78 is 6.98. The molecule has 0 saturated carbocycles. The molecule has 1 atom stereocenters. The van der Waals surface area contributed by atoms with Gasteiger partial charge in [-0.15, -0.1) is 0 Å². The van der Waals surface area contributed by atoms with Gasteiger partial charge in [-0.3, -0.25) is 0 Å². The standard InChI is InChI=1S/C12H24N4O/c1-10(2)16-12(14-9-15-16)7-11(3)8-13-5-6-17-4/h9-11,13H,5-8H2,1-4H3. The van der Waals surface area contributed by atoms with Crippen molar-refractivity contribution in [3.05, 3.63) is 12.2 Å². The van der Waals surface area contributed by atoms with Gasteiger partial charge in [0.15, 0.2) is 0 Å². The molecule has 0 aliphatic heterocycles. The van der Waals surface area contributed by atoms with Gasteiger partial charge in [-0.25, -0.2) is 9.67 Å². The first-order valence-electron chi connectivity index (χ1n) is 6.23. The van der Waals surface area contributed by atoms with Crippen molar-refractivity contribution in [3.8, 4) is 0 Å². The second-order valence-corrected chi connectivity index (χ2v) is 4.72. The minimum absolute atomic E-state index is 0.376. The van der Waals surface area contributed by atoms with E-state index in [-0.39, 0.29) is 0 Å². The van der Waals surface area contributed by atoms with Crippen LogP contribution in [0.15, 0.2) is 6.33 Å². The SMILES string of the molecule is COCCNCC(C)Cc1ncnn1C(C)C.